The molecule has 9 nitrogen and oxygen atoms in total. The molecule has 0 aliphatic carbocycles. The molecule has 0 saturated carbocycles. The minimum Gasteiger partial charge on any atom is -0.492 e. The highest BCUT2D eigenvalue weighted by molar-refractivity contribution is 7.89. The monoisotopic (exact) mass is 381 g/mol. The van der Waals surface area contributed by atoms with Gasteiger partial charge in [-0.05, 0) is 37.1 Å². The molecule has 1 aromatic heterocycles. The molecule has 0 amide bonds. The lowest BCUT2D eigenvalue weighted by atomic mass is 10.2. The molecule has 0 spiro atoms. The van der Waals surface area contributed by atoms with Gasteiger partial charge in [0.15, 0.2) is 0 Å². The second-order valence-electron chi connectivity index (χ2n) is 5.85. The molecule has 2 aromatic rings. The van der Waals surface area contributed by atoms with Crippen LogP contribution in [0.2, 0.25) is 0 Å². The van der Waals surface area contributed by atoms with E-state index in [2.05, 4.69) is 15.5 Å². The summed E-state index contributed by atoms with van der Waals surface area (Å²) in [5.41, 5.74) is 0.526. The summed E-state index contributed by atoms with van der Waals surface area (Å²) in [5.74, 6) is 0.658. The van der Waals surface area contributed by atoms with Crippen LogP contribution in [0.25, 0.3) is 5.69 Å². The standard InChI is InChI=1S/C16H23N5O4S/c1-3-24-14-11-16(26(22,23)20-8-6-5-7-9-20)15(25-4-2)10-13(14)21-12-17-18-19-21/h10-12H,3-9H2,1-2H3. The zero-order chi connectivity index (χ0) is 18.6. The first kappa shape index (κ1) is 18.6. The number of piperidine rings is 1. The number of tetrazole rings is 1. The Bertz CT molecular complexity index is 833. The van der Waals surface area contributed by atoms with Gasteiger partial charge in [0.25, 0.3) is 0 Å². The fourth-order valence-corrected chi connectivity index (χ4v) is 4.61. The number of ether oxygens (including phenoxy) is 2. The molecule has 1 fully saturated rings. The minimum absolute atomic E-state index is 0.113. The van der Waals surface area contributed by atoms with Crippen LogP contribution in [0.5, 0.6) is 11.5 Å². The van der Waals surface area contributed by atoms with Crippen LogP contribution in [0.3, 0.4) is 0 Å². The number of benzene rings is 1. The van der Waals surface area contributed by atoms with E-state index in [1.54, 1.807) is 6.07 Å². The van der Waals surface area contributed by atoms with Crippen molar-refractivity contribution in [3.05, 3.63) is 18.5 Å². The van der Waals surface area contributed by atoms with Gasteiger partial charge in [0.05, 0.1) is 13.2 Å². The van der Waals surface area contributed by atoms with Crippen LogP contribution < -0.4 is 9.47 Å². The van der Waals surface area contributed by atoms with E-state index in [9.17, 15) is 8.42 Å². The van der Waals surface area contributed by atoms with Crippen molar-refractivity contribution >= 4 is 10.0 Å². The molecular formula is C16H23N5O4S. The second-order valence-corrected chi connectivity index (χ2v) is 7.76. The topological polar surface area (TPSA) is 99.4 Å². The van der Waals surface area contributed by atoms with Crippen LogP contribution in [-0.4, -0.2) is 59.2 Å². The van der Waals surface area contributed by atoms with E-state index >= 15 is 0 Å². The number of rotatable bonds is 7. The van der Waals surface area contributed by atoms with Crippen molar-refractivity contribution in [3.63, 3.8) is 0 Å². The van der Waals surface area contributed by atoms with Crippen molar-refractivity contribution in [2.24, 2.45) is 0 Å². The molecule has 26 heavy (non-hydrogen) atoms. The van der Waals surface area contributed by atoms with E-state index < -0.39 is 10.0 Å². The highest BCUT2D eigenvalue weighted by atomic mass is 32.2. The van der Waals surface area contributed by atoms with E-state index in [4.69, 9.17) is 9.47 Å². The Hall–Kier alpha value is -2.20. The molecule has 0 unspecified atom stereocenters. The first-order valence-corrected chi connectivity index (χ1v) is 10.2. The van der Waals surface area contributed by atoms with Gasteiger partial charge in [-0.1, -0.05) is 6.42 Å². The predicted octanol–water partition coefficient (Wildman–Crippen LogP) is 1.63. The zero-order valence-electron chi connectivity index (χ0n) is 15.0. The summed E-state index contributed by atoms with van der Waals surface area (Å²) < 4.78 is 40.6. The Kier molecular flexibility index (Phi) is 5.72. The maximum Gasteiger partial charge on any atom is 0.246 e. The number of sulfonamides is 1. The van der Waals surface area contributed by atoms with E-state index in [-0.39, 0.29) is 10.6 Å². The van der Waals surface area contributed by atoms with Crippen LogP contribution in [0.15, 0.2) is 23.4 Å². The van der Waals surface area contributed by atoms with Gasteiger partial charge in [-0.3, -0.25) is 0 Å². The lowest BCUT2D eigenvalue weighted by Crippen LogP contribution is -2.35. The van der Waals surface area contributed by atoms with Crippen molar-refractivity contribution in [2.45, 2.75) is 38.0 Å². The molecule has 0 radical (unpaired) electrons. The van der Waals surface area contributed by atoms with Crippen LogP contribution in [0.1, 0.15) is 33.1 Å². The highest BCUT2D eigenvalue weighted by Gasteiger charge is 2.31. The number of hydrogen-bond donors (Lipinski definition) is 0. The quantitative estimate of drug-likeness (QED) is 0.719. The maximum atomic E-state index is 13.2. The molecule has 0 N–H and O–H groups in total. The van der Waals surface area contributed by atoms with Crippen LogP contribution in [0.4, 0.5) is 0 Å². The molecule has 1 aliphatic heterocycles. The molecule has 0 atom stereocenters. The third-order valence-electron chi connectivity index (χ3n) is 4.15. The van der Waals surface area contributed by atoms with Gasteiger partial charge in [0, 0.05) is 25.2 Å². The van der Waals surface area contributed by atoms with Crippen LogP contribution in [-0.2, 0) is 10.0 Å². The lowest BCUT2D eigenvalue weighted by Gasteiger charge is -2.27. The smallest absolute Gasteiger partial charge is 0.246 e. The Morgan fingerprint density at radius 2 is 1.73 bits per heavy atom. The van der Waals surface area contributed by atoms with Crippen LogP contribution >= 0.6 is 0 Å². The van der Waals surface area contributed by atoms with Crippen molar-refractivity contribution in [1.29, 1.82) is 0 Å². The summed E-state index contributed by atoms with van der Waals surface area (Å²) in [6, 6.07) is 3.12. The number of aromatic nitrogens is 4. The summed E-state index contributed by atoms with van der Waals surface area (Å²) in [7, 11) is -3.67. The first-order chi connectivity index (χ1) is 12.6. The number of nitrogens with zero attached hydrogens (tertiary/aromatic N) is 5. The predicted molar refractivity (Wildman–Crippen MR) is 94.1 cm³/mol. The average molecular weight is 381 g/mol. The molecule has 1 aromatic carbocycles. The Labute approximate surface area is 152 Å². The van der Waals surface area contributed by atoms with Crippen molar-refractivity contribution in [1.82, 2.24) is 24.5 Å². The maximum absolute atomic E-state index is 13.2. The molecular weight excluding hydrogens is 358 g/mol. The largest absolute Gasteiger partial charge is 0.492 e. The molecule has 1 saturated heterocycles. The molecule has 10 heteroatoms. The molecule has 2 heterocycles. The molecule has 1 aliphatic rings. The molecule has 3 rings (SSSR count). The Morgan fingerprint density at radius 1 is 1.04 bits per heavy atom. The fraction of sp³-hybridized carbons (Fsp3) is 0.562. The van der Waals surface area contributed by atoms with Gasteiger partial charge in [-0.2, -0.15) is 8.99 Å². The average Bonchev–Trinajstić information content (AvgIpc) is 3.18. The second kappa shape index (κ2) is 8.00. The number of hydrogen-bond acceptors (Lipinski definition) is 7. The van der Waals surface area contributed by atoms with E-state index in [0.717, 1.165) is 19.3 Å². The SMILES string of the molecule is CCOc1cc(S(=O)(=O)N2CCCCC2)c(OCC)cc1-n1cnnn1. The zero-order valence-corrected chi connectivity index (χ0v) is 15.8. The highest BCUT2D eigenvalue weighted by Crippen LogP contribution is 2.36. The van der Waals surface area contributed by atoms with Gasteiger partial charge < -0.3 is 9.47 Å². The third-order valence-corrected chi connectivity index (χ3v) is 6.07. The first-order valence-electron chi connectivity index (χ1n) is 8.75. The van der Waals surface area contributed by atoms with Gasteiger partial charge in [-0.25, -0.2) is 8.42 Å². The van der Waals surface area contributed by atoms with E-state index in [1.807, 2.05) is 13.8 Å². The lowest BCUT2D eigenvalue weighted by molar-refractivity contribution is 0.315. The van der Waals surface area contributed by atoms with E-state index in [0.29, 0.717) is 37.7 Å². The third kappa shape index (κ3) is 3.65. The van der Waals surface area contributed by atoms with Gasteiger partial charge >= 0.3 is 0 Å². The summed E-state index contributed by atoms with van der Waals surface area (Å²) >= 11 is 0. The Balaban J connectivity index is 2.12. The van der Waals surface area contributed by atoms with Crippen molar-refractivity contribution < 1.29 is 17.9 Å². The Morgan fingerprint density at radius 3 is 2.35 bits per heavy atom. The molecule has 142 valence electrons. The summed E-state index contributed by atoms with van der Waals surface area (Å²) in [4.78, 5) is 0.113. The van der Waals surface area contributed by atoms with Crippen molar-refractivity contribution in [3.8, 4) is 17.2 Å². The summed E-state index contributed by atoms with van der Waals surface area (Å²) in [6.45, 7) is 5.40. The minimum atomic E-state index is -3.67. The normalized spacial score (nSPS) is 15.8. The fourth-order valence-electron chi connectivity index (χ4n) is 2.97. The van der Waals surface area contributed by atoms with Gasteiger partial charge in [0.2, 0.25) is 10.0 Å². The molecule has 0 bridgehead atoms. The van der Waals surface area contributed by atoms with Crippen LogP contribution in [0, 0.1) is 0 Å². The van der Waals surface area contributed by atoms with Gasteiger partial charge in [0.1, 0.15) is 28.4 Å². The summed E-state index contributed by atoms with van der Waals surface area (Å²) in [5, 5.41) is 11.1. The summed E-state index contributed by atoms with van der Waals surface area (Å²) in [6.07, 6.45) is 4.20. The van der Waals surface area contributed by atoms with E-state index in [1.165, 1.54) is 21.4 Å². The van der Waals surface area contributed by atoms with Gasteiger partial charge in [-0.15, -0.1) is 5.10 Å². The van der Waals surface area contributed by atoms with Crippen molar-refractivity contribution in [2.75, 3.05) is 26.3 Å².